The number of benzene rings is 1. The van der Waals surface area contributed by atoms with E-state index in [1.165, 1.54) is 18.4 Å². The molecule has 0 saturated carbocycles. The van der Waals surface area contributed by atoms with E-state index in [1.807, 2.05) is 23.6 Å². The van der Waals surface area contributed by atoms with Crippen molar-refractivity contribution in [3.05, 3.63) is 46.2 Å². The summed E-state index contributed by atoms with van der Waals surface area (Å²) in [5.41, 5.74) is 1.04. The molecule has 0 aliphatic carbocycles. The summed E-state index contributed by atoms with van der Waals surface area (Å²) in [7, 11) is 1.51. The molecule has 0 aliphatic rings. The van der Waals surface area contributed by atoms with E-state index in [1.54, 1.807) is 29.5 Å². The maximum Gasteiger partial charge on any atom is 0.265 e. The second-order valence-corrected chi connectivity index (χ2v) is 6.27. The molecule has 3 rings (SSSR count). The Morgan fingerprint density at radius 2 is 2.14 bits per heavy atom. The third kappa shape index (κ3) is 2.61. The van der Waals surface area contributed by atoms with Crippen LogP contribution in [0.5, 0.6) is 5.75 Å². The summed E-state index contributed by atoms with van der Waals surface area (Å²) in [6.07, 6.45) is 0. The molecule has 1 amide bonds. The van der Waals surface area contributed by atoms with E-state index in [-0.39, 0.29) is 5.91 Å². The van der Waals surface area contributed by atoms with E-state index in [4.69, 9.17) is 10.00 Å². The van der Waals surface area contributed by atoms with Crippen LogP contribution in [0, 0.1) is 11.3 Å². The van der Waals surface area contributed by atoms with E-state index < -0.39 is 0 Å². The van der Waals surface area contributed by atoms with Crippen LogP contribution in [-0.4, -0.2) is 13.0 Å². The highest BCUT2D eigenvalue weighted by atomic mass is 32.1. The summed E-state index contributed by atoms with van der Waals surface area (Å²) in [5, 5.41) is 13.7. The number of carbonyl (C=O) groups is 1. The SMILES string of the molecule is COc1cc(C#N)ccc1NC(=O)c1cc2sccc2s1. The first-order chi connectivity index (χ1) is 10.2. The minimum Gasteiger partial charge on any atom is -0.495 e. The van der Waals surface area contributed by atoms with Crippen LogP contribution in [0.4, 0.5) is 5.69 Å². The first-order valence-corrected chi connectivity index (χ1v) is 7.77. The molecule has 1 N–H and O–H groups in total. The molecular weight excluding hydrogens is 304 g/mol. The van der Waals surface area contributed by atoms with Crippen molar-refractivity contribution in [2.75, 3.05) is 12.4 Å². The molecule has 0 saturated heterocycles. The Balaban J connectivity index is 1.87. The van der Waals surface area contributed by atoms with Gasteiger partial charge in [-0.2, -0.15) is 5.26 Å². The average Bonchev–Trinajstić information content (AvgIpc) is 3.08. The highest BCUT2D eigenvalue weighted by Crippen LogP contribution is 2.31. The largest absolute Gasteiger partial charge is 0.495 e. The summed E-state index contributed by atoms with van der Waals surface area (Å²) < 4.78 is 7.42. The van der Waals surface area contributed by atoms with E-state index in [0.29, 0.717) is 21.9 Å². The fraction of sp³-hybridized carbons (Fsp3) is 0.0667. The number of nitrogens with one attached hydrogen (secondary N) is 1. The number of thiophene rings is 2. The number of nitrogens with zero attached hydrogens (tertiary/aromatic N) is 1. The zero-order chi connectivity index (χ0) is 14.8. The van der Waals surface area contributed by atoms with Gasteiger partial charge in [0, 0.05) is 15.5 Å². The Labute approximate surface area is 129 Å². The van der Waals surface area contributed by atoms with E-state index in [9.17, 15) is 4.79 Å². The molecular formula is C15H10N2O2S2. The zero-order valence-electron chi connectivity index (χ0n) is 11.0. The normalized spacial score (nSPS) is 10.3. The quantitative estimate of drug-likeness (QED) is 0.792. The molecule has 0 aliphatic heterocycles. The van der Waals surface area contributed by atoms with Gasteiger partial charge in [-0.05, 0) is 29.6 Å². The smallest absolute Gasteiger partial charge is 0.265 e. The summed E-state index contributed by atoms with van der Waals surface area (Å²) in [6, 6.07) is 10.8. The molecule has 0 radical (unpaired) electrons. The van der Waals surface area contributed by atoms with Crippen molar-refractivity contribution in [2.45, 2.75) is 0 Å². The number of rotatable bonds is 3. The summed E-state index contributed by atoms with van der Waals surface area (Å²) >= 11 is 3.07. The number of nitriles is 1. The summed E-state index contributed by atoms with van der Waals surface area (Å²) in [6.45, 7) is 0. The topological polar surface area (TPSA) is 62.1 Å². The fourth-order valence-corrected chi connectivity index (χ4v) is 3.93. The fourth-order valence-electron chi connectivity index (χ4n) is 1.93. The van der Waals surface area contributed by atoms with Gasteiger partial charge in [-0.1, -0.05) is 0 Å². The van der Waals surface area contributed by atoms with Gasteiger partial charge in [0.05, 0.1) is 29.3 Å². The average molecular weight is 314 g/mol. The molecule has 2 heterocycles. The van der Waals surface area contributed by atoms with Crippen molar-refractivity contribution in [1.29, 1.82) is 5.26 Å². The van der Waals surface area contributed by atoms with Gasteiger partial charge >= 0.3 is 0 Å². The Hall–Kier alpha value is -2.36. The first kappa shape index (κ1) is 13.6. The van der Waals surface area contributed by atoms with Crippen molar-refractivity contribution in [3.63, 3.8) is 0 Å². The molecule has 0 bridgehead atoms. The predicted octanol–water partition coefficient (Wildman–Crippen LogP) is 4.10. The van der Waals surface area contributed by atoms with E-state index in [2.05, 4.69) is 5.32 Å². The van der Waals surface area contributed by atoms with Crippen molar-refractivity contribution in [1.82, 2.24) is 0 Å². The Morgan fingerprint density at radius 1 is 1.29 bits per heavy atom. The monoisotopic (exact) mass is 314 g/mol. The minimum atomic E-state index is -0.175. The van der Waals surface area contributed by atoms with Crippen LogP contribution < -0.4 is 10.1 Å². The van der Waals surface area contributed by atoms with Crippen molar-refractivity contribution in [3.8, 4) is 11.8 Å². The summed E-state index contributed by atoms with van der Waals surface area (Å²) in [5.74, 6) is 0.298. The van der Waals surface area contributed by atoms with Crippen LogP contribution >= 0.6 is 22.7 Å². The van der Waals surface area contributed by atoms with Gasteiger partial charge in [0.15, 0.2) is 0 Å². The highest BCUT2D eigenvalue weighted by Gasteiger charge is 2.13. The molecule has 4 nitrogen and oxygen atoms in total. The van der Waals surface area contributed by atoms with Gasteiger partial charge < -0.3 is 10.1 Å². The van der Waals surface area contributed by atoms with Crippen LogP contribution in [0.15, 0.2) is 35.7 Å². The molecule has 0 unspecified atom stereocenters. The lowest BCUT2D eigenvalue weighted by molar-refractivity contribution is 0.103. The van der Waals surface area contributed by atoms with Crippen LogP contribution in [0.25, 0.3) is 9.40 Å². The van der Waals surface area contributed by atoms with Crippen LogP contribution in [0.3, 0.4) is 0 Å². The van der Waals surface area contributed by atoms with Crippen LogP contribution in [0.2, 0.25) is 0 Å². The number of hydrogen-bond acceptors (Lipinski definition) is 5. The van der Waals surface area contributed by atoms with Crippen molar-refractivity contribution < 1.29 is 9.53 Å². The van der Waals surface area contributed by atoms with Crippen molar-refractivity contribution in [2.24, 2.45) is 0 Å². The number of carbonyl (C=O) groups excluding carboxylic acids is 1. The molecule has 104 valence electrons. The molecule has 6 heteroatoms. The molecule has 21 heavy (non-hydrogen) atoms. The lowest BCUT2D eigenvalue weighted by atomic mass is 10.2. The lowest BCUT2D eigenvalue weighted by Gasteiger charge is -2.09. The summed E-state index contributed by atoms with van der Waals surface area (Å²) in [4.78, 5) is 12.9. The number of hydrogen-bond donors (Lipinski definition) is 1. The Morgan fingerprint density at radius 3 is 2.86 bits per heavy atom. The number of amides is 1. The standard InChI is InChI=1S/C15H10N2O2S2/c1-19-11-6-9(8-16)2-3-10(11)17-15(18)14-7-13-12(21-14)4-5-20-13/h2-7H,1H3,(H,17,18). The molecule has 0 fully saturated rings. The van der Waals surface area contributed by atoms with Crippen LogP contribution in [-0.2, 0) is 0 Å². The maximum atomic E-state index is 12.3. The zero-order valence-corrected chi connectivity index (χ0v) is 12.7. The molecule has 0 atom stereocenters. The van der Waals surface area contributed by atoms with Crippen LogP contribution in [0.1, 0.15) is 15.2 Å². The van der Waals surface area contributed by atoms with Gasteiger partial charge in [-0.3, -0.25) is 4.79 Å². The highest BCUT2D eigenvalue weighted by molar-refractivity contribution is 7.27. The van der Waals surface area contributed by atoms with E-state index in [0.717, 1.165) is 9.40 Å². The number of methoxy groups -OCH3 is 1. The molecule has 1 aromatic carbocycles. The molecule has 0 spiro atoms. The Kier molecular flexibility index (Phi) is 3.60. The van der Waals surface area contributed by atoms with E-state index >= 15 is 0 Å². The van der Waals surface area contributed by atoms with Gasteiger partial charge in [0.25, 0.3) is 5.91 Å². The number of fused-ring (bicyclic) bond motifs is 1. The number of anilines is 1. The van der Waals surface area contributed by atoms with Gasteiger partial charge in [-0.15, -0.1) is 22.7 Å². The van der Waals surface area contributed by atoms with Crippen molar-refractivity contribution >= 4 is 43.7 Å². The van der Waals surface area contributed by atoms with Gasteiger partial charge in [-0.25, -0.2) is 0 Å². The van der Waals surface area contributed by atoms with Gasteiger partial charge in [0.2, 0.25) is 0 Å². The lowest BCUT2D eigenvalue weighted by Crippen LogP contribution is -2.11. The number of ether oxygens (including phenoxy) is 1. The molecule has 3 aromatic rings. The van der Waals surface area contributed by atoms with Gasteiger partial charge in [0.1, 0.15) is 5.75 Å². The molecule has 2 aromatic heterocycles. The predicted molar refractivity (Wildman–Crippen MR) is 85.4 cm³/mol. The maximum absolute atomic E-state index is 12.3. The third-order valence-corrected chi connectivity index (χ3v) is 5.03. The first-order valence-electron chi connectivity index (χ1n) is 6.08. The minimum absolute atomic E-state index is 0.175. The third-order valence-electron chi connectivity index (χ3n) is 2.94. The second-order valence-electron chi connectivity index (χ2n) is 4.24. The Bertz CT molecular complexity index is 830. The second kappa shape index (κ2) is 5.56.